The first-order valence-electron chi connectivity index (χ1n) is 2.82. The zero-order chi connectivity index (χ0) is 6.69. The van der Waals surface area contributed by atoms with E-state index in [1.165, 1.54) is 0 Å². The van der Waals surface area contributed by atoms with Crippen molar-refractivity contribution in [1.82, 2.24) is 5.32 Å². The molecule has 3 nitrogen and oxygen atoms in total. The molecule has 0 spiro atoms. The predicted molar refractivity (Wildman–Crippen MR) is 41.8 cm³/mol. The molecule has 1 unspecified atom stereocenters. The Balaban J connectivity index is 2.32. The average Bonchev–Trinajstić information content (AvgIpc) is 1.88. The van der Waals surface area contributed by atoms with Crippen LogP contribution in [0, 0.1) is 0 Å². The number of cyclic esters (lactones) is 1. The molecule has 9 heavy (non-hydrogen) atoms. The van der Waals surface area contributed by atoms with E-state index < -0.39 is 0 Å². The number of ether oxygens (including phenoxy) is 1. The van der Waals surface area contributed by atoms with Gasteiger partial charge in [-0.2, -0.15) is 0 Å². The number of halogens is 1. The van der Waals surface area contributed by atoms with Crippen LogP contribution in [0.5, 0.6) is 0 Å². The van der Waals surface area contributed by atoms with Gasteiger partial charge in [0, 0.05) is 16.9 Å². The monoisotopic (exact) mass is 241 g/mol. The van der Waals surface area contributed by atoms with E-state index in [-0.39, 0.29) is 6.09 Å². The number of alkyl carbamates (subject to hydrolysis) is 1. The Morgan fingerprint density at radius 3 is 3.11 bits per heavy atom. The fraction of sp³-hybridized carbons (Fsp3) is 0.800. The van der Waals surface area contributed by atoms with Gasteiger partial charge in [0.25, 0.3) is 0 Å². The molecule has 0 radical (unpaired) electrons. The summed E-state index contributed by atoms with van der Waals surface area (Å²) < 4.78 is 5.62. The topological polar surface area (TPSA) is 38.3 Å². The second kappa shape index (κ2) is 3.24. The minimum Gasteiger partial charge on any atom is -0.449 e. The van der Waals surface area contributed by atoms with Crippen LogP contribution in [0.15, 0.2) is 0 Å². The van der Waals surface area contributed by atoms with Crippen molar-refractivity contribution in [2.45, 2.75) is 12.5 Å². The molecule has 0 aliphatic carbocycles. The maximum Gasteiger partial charge on any atom is 0.407 e. The second-order valence-electron chi connectivity index (χ2n) is 1.92. The number of hydrogen-bond donors (Lipinski definition) is 1. The molecule has 1 fully saturated rings. The van der Waals surface area contributed by atoms with E-state index in [1.54, 1.807) is 0 Å². The maximum atomic E-state index is 10.5. The highest BCUT2D eigenvalue weighted by Gasteiger charge is 2.16. The van der Waals surface area contributed by atoms with Crippen LogP contribution >= 0.6 is 22.6 Å². The first-order chi connectivity index (χ1) is 4.33. The Kier molecular flexibility index (Phi) is 2.56. The molecule has 0 bridgehead atoms. The summed E-state index contributed by atoms with van der Waals surface area (Å²) in [5, 5.41) is 2.70. The molecular weight excluding hydrogens is 233 g/mol. The quantitative estimate of drug-likeness (QED) is 0.547. The third-order valence-corrected chi connectivity index (χ3v) is 2.27. The normalized spacial score (nSPS) is 26.8. The molecule has 52 valence electrons. The van der Waals surface area contributed by atoms with Crippen LogP contribution in [-0.2, 0) is 4.74 Å². The van der Waals surface area contributed by atoms with Gasteiger partial charge in [0.2, 0.25) is 0 Å². The molecule has 1 N–H and O–H groups in total. The molecule has 1 rings (SSSR count). The fourth-order valence-electron chi connectivity index (χ4n) is 0.690. The largest absolute Gasteiger partial charge is 0.449 e. The van der Waals surface area contributed by atoms with Crippen LogP contribution in [0.25, 0.3) is 0 Å². The van der Waals surface area contributed by atoms with E-state index in [4.69, 9.17) is 0 Å². The average molecular weight is 241 g/mol. The number of nitrogens with one attached hydrogen (secondary N) is 1. The molecule has 0 aromatic rings. The maximum absolute atomic E-state index is 10.5. The summed E-state index contributed by atoms with van der Waals surface area (Å²) in [5.41, 5.74) is 0. The van der Waals surface area contributed by atoms with Gasteiger partial charge in [-0.25, -0.2) is 4.79 Å². The van der Waals surface area contributed by atoms with Crippen molar-refractivity contribution in [1.29, 1.82) is 0 Å². The lowest BCUT2D eigenvalue weighted by Gasteiger charge is -2.20. The van der Waals surface area contributed by atoms with Gasteiger partial charge in [-0.3, -0.25) is 0 Å². The van der Waals surface area contributed by atoms with Gasteiger partial charge in [-0.15, -0.1) is 0 Å². The van der Waals surface area contributed by atoms with Gasteiger partial charge in [0.1, 0.15) is 0 Å². The summed E-state index contributed by atoms with van der Waals surface area (Å²) in [6.45, 7) is 0.569. The van der Waals surface area contributed by atoms with Gasteiger partial charge in [0.05, 0.1) is 6.61 Å². The van der Waals surface area contributed by atoms with Gasteiger partial charge >= 0.3 is 6.09 Å². The van der Waals surface area contributed by atoms with Crippen molar-refractivity contribution in [2.75, 3.05) is 11.0 Å². The summed E-state index contributed by atoms with van der Waals surface area (Å²) in [5.74, 6) is 0. The van der Waals surface area contributed by atoms with E-state index in [1.807, 2.05) is 0 Å². The van der Waals surface area contributed by atoms with Crippen molar-refractivity contribution in [3.63, 3.8) is 0 Å². The van der Waals surface area contributed by atoms with Crippen molar-refractivity contribution in [3.05, 3.63) is 0 Å². The van der Waals surface area contributed by atoms with Crippen molar-refractivity contribution in [2.24, 2.45) is 0 Å². The molecule has 1 heterocycles. The molecule has 1 aliphatic rings. The molecule has 0 aromatic heterocycles. The smallest absolute Gasteiger partial charge is 0.407 e. The first kappa shape index (κ1) is 7.11. The predicted octanol–water partition coefficient (Wildman–Crippen LogP) is 0.920. The van der Waals surface area contributed by atoms with Crippen LogP contribution < -0.4 is 5.32 Å². The number of alkyl halides is 1. The molecule has 1 atom stereocenters. The van der Waals surface area contributed by atoms with Crippen LogP contribution in [0.2, 0.25) is 0 Å². The van der Waals surface area contributed by atoms with Gasteiger partial charge in [-0.05, 0) is 0 Å². The number of hydrogen-bond acceptors (Lipinski definition) is 2. The minimum atomic E-state index is -0.275. The third kappa shape index (κ3) is 2.00. The van der Waals surface area contributed by atoms with Crippen LogP contribution in [0.4, 0.5) is 4.79 Å². The van der Waals surface area contributed by atoms with E-state index in [0.717, 1.165) is 10.8 Å². The lowest BCUT2D eigenvalue weighted by molar-refractivity contribution is 0.119. The standard InChI is InChI=1S/C5H8INO2/c6-3-4-1-2-9-5(8)7-4/h4H,1-3H2,(H,7,8). The van der Waals surface area contributed by atoms with E-state index >= 15 is 0 Å². The number of amides is 1. The van der Waals surface area contributed by atoms with Gasteiger partial charge < -0.3 is 10.1 Å². The molecule has 0 saturated carbocycles. The Labute approximate surface area is 67.3 Å². The van der Waals surface area contributed by atoms with E-state index in [0.29, 0.717) is 12.6 Å². The van der Waals surface area contributed by atoms with Crippen LogP contribution in [-0.4, -0.2) is 23.2 Å². The number of carbonyl (C=O) groups excluding carboxylic acids is 1. The highest BCUT2D eigenvalue weighted by Crippen LogP contribution is 2.03. The summed E-state index contributed by atoms with van der Waals surface area (Å²) in [7, 11) is 0. The zero-order valence-electron chi connectivity index (χ0n) is 4.89. The second-order valence-corrected chi connectivity index (χ2v) is 2.80. The lowest BCUT2D eigenvalue weighted by atomic mass is 10.2. The number of carbonyl (C=O) groups is 1. The zero-order valence-corrected chi connectivity index (χ0v) is 7.05. The van der Waals surface area contributed by atoms with Gasteiger partial charge in [-0.1, -0.05) is 22.6 Å². The van der Waals surface area contributed by atoms with Gasteiger partial charge in [0.15, 0.2) is 0 Å². The van der Waals surface area contributed by atoms with Crippen LogP contribution in [0.1, 0.15) is 6.42 Å². The molecule has 1 saturated heterocycles. The van der Waals surface area contributed by atoms with E-state index in [9.17, 15) is 4.79 Å². The summed E-state index contributed by atoms with van der Waals surface area (Å²) >= 11 is 2.25. The fourth-order valence-corrected chi connectivity index (χ4v) is 1.35. The van der Waals surface area contributed by atoms with E-state index in [2.05, 4.69) is 32.6 Å². The molecule has 4 heteroatoms. The van der Waals surface area contributed by atoms with Crippen molar-refractivity contribution >= 4 is 28.7 Å². The molecule has 1 amide bonds. The molecule has 0 aromatic carbocycles. The first-order valence-corrected chi connectivity index (χ1v) is 4.34. The molecular formula is C5H8INO2. The summed E-state index contributed by atoms with van der Waals surface area (Å²) in [6, 6.07) is 0.326. The highest BCUT2D eigenvalue weighted by molar-refractivity contribution is 14.1. The summed E-state index contributed by atoms with van der Waals surface area (Å²) in [4.78, 5) is 10.5. The molecule has 1 aliphatic heterocycles. The van der Waals surface area contributed by atoms with Crippen molar-refractivity contribution < 1.29 is 9.53 Å². The van der Waals surface area contributed by atoms with Crippen molar-refractivity contribution in [3.8, 4) is 0 Å². The SMILES string of the molecule is O=C1NC(CI)CCO1. The third-order valence-electron chi connectivity index (χ3n) is 1.21. The summed E-state index contributed by atoms with van der Waals surface area (Å²) in [6.07, 6.45) is 0.664. The Bertz CT molecular complexity index is 118. The van der Waals surface area contributed by atoms with Crippen LogP contribution in [0.3, 0.4) is 0 Å². The Hall–Kier alpha value is -0.0000000000000000555. The lowest BCUT2D eigenvalue weighted by Crippen LogP contribution is -2.42. The number of rotatable bonds is 1. The minimum absolute atomic E-state index is 0.275. The Morgan fingerprint density at radius 2 is 2.67 bits per heavy atom. The Morgan fingerprint density at radius 1 is 1.89 bits per heavy atom. The highest BCUT2D eigenvalue weighted by atomic mass is 127.